The van der Waals surface area contributed by atoms with E-state index in [4.69, 9.17) is 5.21 Å². The van der Waals surface area contributed by atoms with Gasteiger partial charge in [0.1, 0.15) is 0 Å². The second-order valence-electron chi connectivity index (χ2n) is 5.87. The highest BCUT2D eigenvalue weighted by Gasteiger charge is 2.37. The molecular weight excluding hydrogens is 308 g/mol. The van der Waals surface area contributed by atoms with E-state index < -0.39 is 23.8 Å². The molecule has 0 spiro atoms. The molecule has 24 heavy (non-hydrogen) atoms. The molecule has 0 aromatic heterocycles. The first-order valence-corrected chi connectivity index (χ1v) is 7.91. The summed E-state index contributed by atoms with van der Waals surface area (Å²) in [5, 5.41) is 10.3. The van der Waals surface area contributed by atoms with Crippen molar-refractivity contribution in [1.82, 2.24) is 10.4 Å². The zero-order chi connectivity index (χ0) is 17.3. The van der Waals surface area contributed by atoms with Crippen molar-refractivity contribution in [3.8, 4) is 0 Å². The molecule has 0 saturated carbocycles. The van der Waals surface area contributed by atoms with Gasteiger partial charge in [-0.2, -0.15) is 0 Å². The fourth-order valence-electron chi connectivity index (χ4n) is 3.30. The van der Waals surface area contributed by atoms with Gasteiger partial charge in [-0.05, 0) is 23.9 Å². The molecule has 1 heterocycles. The summed E-state index contributed by atoms with van der Waals surface area (Å²) in [5.74, 6) is -1.41. The number of amides is 3. The van der Waals surface area contributed by atoms with Crippen LogP contribution in [0.3, 0.4) is 0 Å². The van der Waals surface area contributed by atoms with Crippen LogP contribution in [0.2, 0.25) is 0 Å². The van der Waals surface area contributed by atoms with E-state index in [0.717, 1.165) is 10.3 Å². The van der Waals surface area contributed by atoms with Crippen LogP contribution in [0.25, 0.3) is 10.8 Å². The summed E-state index contributed by atoms with van der Waals surface area (Å²) in [4.78, 5) is 38.6. The van der Waals surface area contributed by atoms with E-state index in [0.29, 0.717) is 29.4 Å². The molecule has 6 nitrogen and oxygen atoms in total. The quantitative estimate of drug-likeness (QED) is 0.502. The first kappa shape index (κ1) is 16.1. The Hall–Kier alpha value is -2.73. The fourth-order valence-corrected chi connectivity index (χ4v) is 3.30. The number of nitrogens with one attached hydrogen (secondary N) is 1. The summed E-state index contributed by atoms with van der Waals surface area (Å²) in [5.41, 5.74) is 2.51. The van der Waals surface area contributed by atoms with Crippen LogP contribution in [0.5, 0.6) is 0 Å². The van der Waals surface area contributed by atoms with Crippen molar-refractivity contribution < 1.29 is 19.6 Å². The van der Waals surface area contributed by atoms with Crippen molar-refractivity contribution in [3.63, 3.8) is 0 Å². The van der Waals surface area contributed by atoms with Crippen LogP contribution < -0.4 is 5.48 Å². The molecule has 0 saturated heterocycles. The Bertz CT molecular complexity index is 780. The lowest BCUT2D eigenvalue weighted by atomic mass is 9.92. The smallest absolute Gasteiger partial charge is 0.261 e. The number of rotatable bonds is 5. The number of hydrogen-bond donors (Lipinski definition) is 2. The number of nitrogens with zero attached hydrogens (tertiary/aromatic N) is 1. The summed E-state index contributed by atoms with van der Waals surface area (Å²) >= 11 is 0. The Kier molecular flexibility index (Phi) is 4.31. The van der Waals surface area contributed by atoms with Gasteiger partial charge in [0.15, 0.2) is 0 Å². The van der Waals surface area contributed by atoms with Gasteiger partial charge in [0.05, 0.1) is 0 Å². The number of hydrogen-bond acceptors (Lipinski definition) is 4. The largest absolute Gasteiger partial charge is 0.289 e. The van der Waals surface area contributed by atoms with Gasteiger partial charge in [-0.3, -0.25) is 24.5 Å². The molecule has 1 aliphatic heterocycles. The van der Waals surface area contributed by atoms with Crippen molar-refractivity contribution in [3.05, 3.63) is 47.5 Å². The number of carbonyl (C=O) groups is 3. The summed E-state index contributed by atoms with van der Waals surface area (Å²) in [6.45, 7) is 1.91. The zero-order valence-electron chi connectivity index (χ0n) is 13.3. The molecule has 1 aliphatic rings. The van der Waals surface area contributed by atoms with Crippen molar-refractivity contribution >= 4 is 28.5 Å². The Morgan fingerprint density at radius 3 is 2.21 bits per heavy atom. The molecular formula is C18H18N2O4. The van der Waals surface area contributed by atoms with Crippen LogP contribution in [0.1, 0.15) is 46.9 Å². The van der Waals surface area contributed by atoms with Gasteiger partial charge in [0.2, 0.25) is 5.91 Å². The number of carbonyl (C=O) groups excluding carboxylic acids is 3. The average Bonchev–Trinajstić information content (AvgIpc) is 2.59. The lowest BCUT2D eigenvalue weighted by molar-refractivity contribution is -0.130. The average molecular weight is 326 g/mol. The topological polar surface area (TPSA) is 86.7 Å². The summed E-state index contributed by atoms with van der Waals surface area (Å²) < 4.78 is 0. The van der Waals surface area contributed by atoms with E-state index in [2.05, 4.69) is 0 Å². The Labute approximate surface area is 139 Å². The van der Waals surface area contributed by atoms with Crippen LogP contribution in [-0.4, -0.2) is 33.9 Å². The molecule has 1 atom stereocenters. The molecule has 1 unspecified atom stereocenters. The molecule has 0 radical (unpaired) electrons. The normalized spacial score (nSPS) is 14.8. The van der Waals surface area contributed by atoms with E-state index in [1.165, 1.54) is 0 Å². The third-order valence-corrected chi connectivity index (χ3v) is 4.34. The highest BCUT2D eigenvalue weighted by molar-refractivity contribution is 6.25. The second kappa shape index (κ2) is 6.41. The van der Waals surface area contributed by atoms with E-state index in [9.17, 15) is 14.4 Å². The third-order valence-electron chi connectivity index (χ3n) is 4.34. The predicted molar refractivity (Wildman–Crippen MR) is 87.7 cm³/mol. The van der Waals surface area contributed by atoms with Crippen molar-refractivity contribution in [1.29, 1.82) is 0 Å². The van der Waals surface area contributed by atoms with Gasteiger partial charge < -0.3 is 0 Å². The van der Waals surface area contributed by atoms with E-state index in [1.54, 1.807) is 29.7 Å². The monoisotopic (exact) mass is 326 g/mol. The highest BCUT2D eigenvalue weighted by Crippen LogP contribution is 2.32. The minimum atomic E-state index is -0.619. The summed E-state index contributed by atoms with van der Waals surface area (Å²) in [6, 6.07) is 10.1. The standard InChI is InChI=1S/C18H18N2O4/c1-2-5-12(10-15(21)19-24)20-17(22)13-8-3-6-11-7-4-9-14(16(11)13)18(20)23/h3-4,6-9,12,24H,2,5,10H2,1H3,(H,19,21). The molecule has 2 aromatic carbocycles. The van der Waals surface area contributed by atoms with Crippen LogP contribution in [0.15, 0.2) is 36.4 Å². The summed E-state index contributed by atoms with van der Waals surface area (Å²) in [6.07, 6.45) is 1.06. The van der Waals surface area contributed by atoms with Crippen molar-refractivity contribution in [2.45, 2.75) is 32.2 Å². The maximum absolute atomic E-state index is 12.9. The highest BCUT2D eigenvalue weighted by atomic mass is 16.5. The molecule has 2 N–H and O–H groups in total. The van der Waals surface area contributed by atoms with Gasteiger partial charge in [0.25, 0.3) is 11.8 Å². The molecule has 124 valence electrons. The molecule has 0 fully saturated rings. The van der Waals surface area contributed by atoms with E-state index in [-0.39, 0.29) is 6.42 Å². The lowest BCUT2D eigenvalue weighted by Crippen LogP contribution is -2.48. The Morgan fingerprint density at radius 1 is 1.12 bits per heavy atom. The second-order valence-corrected chi connectivity index (χ2v) is 5.87. The SMILES string of the molecule is CCCC(CC(=O)NO)N1C(=O)c2cccc3cccc(c23)C1=O. The van der Waals surface area contributed by atoms with Gasteiger partial charge in [0, 0.05) is 29.0 Å². The maximum atomic E-state index is 12.9. The Balaban J connectivity index is 2.09. The van der Waals surface area contributed by atoms with Gasteiger partial charge in [-0.25, -0.2) is 5.48 Å². The van der Waals surface area contributed by atoms with E-state index >= 15 is 0 Å². The van der Waals surface area contributed by atoms with Crippen LogP contribution >= 0.6 is 0 Å². The number of hydroxylamine groups is 1. The molecule has 0 bridgehead atoms. The zero-order valence-corrected chi connectivity index (χ0v) is 13.3. The molecule has 6 heteroatoms. The molecule has 3 amide bonds. The van der Waals surface area contributed by atoms with Crippen LogP contribution in [-0.2, 0) is 4.79 Å². The number of benzene rings is 2. The predicted octanol–water partition coefficient (Wildman–Crippen LogP) is 2.50. The summed E-state index contributed by atoms with van der Waals surface area (Å²) in [7, 11) is 0. The lowest BCUT2D eigenvalue weighted by Gasteiger charge is -2.33. The minimum absolute atomic E-state index is 0.125. The van der Waals surface area contributed by atoms with Crippen LogP contribution in [0, 0.1) is 0 Å². The molecule has 0 aliphatic carbocycles. The first-order chi connectivity index (χ1) is 11.6. The fraction of sp³-hybridized carbons (Fsp3) is 0.278. The Morgan fingerprint density at radius 2 is 1.71 bits per heavy atom. The van der Waals surface area contributed by atoms with Gasteiger partial charge >= 0.3 is 0 Å². The van der Waals surface area contributed by atoms with E-state index in [1.807, 2.05) is 19.1 Å². The maximum Gasteiger partial charge on any atom is 0.261 e. The first-order valence-electron chi connectivity index (χ1n) is 7.91. The van der Waals surface area contributed by atoms with Gasteiger partial charge in [-0.15, -0.1) is 0 Å². The van der Waals surface area contributed by atoms with Gasteiger partial charge in [-0.1, -0.05) is 37.6 Å². The third kappa shape index (κ3) is 2.55. The van der Waals surface area contributed by atoms with Crippen LogP contribution in [0.4, 0.5) is 0 Å². The number of imide groups is 1. The minimum Gasteiger partial charge on any atom is -0.289 e. The molecule has 3 rings (SSSR count). The molecule has 2 aromatic rings. The van der Waals surface area contributed by atoms with Crippen molar-refractivity contribution in [2.24, 2.45) is 0 Å². The van der Waals surface area contributed by atoms with Crippen molar-refractivity contribution in [2.75, 3.05) is 0 Å².